The number of hydrogen-bond donors (Lipinski definition) is 2. The van der Waals surface area contributed by atoms with Gasteiger partial charge in [-0.25, -0.2) is 0 Å². The van der Waals surface area contributed by atoms with E-state index < -0.39 is 0 Å². The van der Waals surface area contributed by atoms with Gasteiger partial charge in [0, 0.05) is 17.4 Å². The van der Waals surface area contributed by atoms with Crippen molar-refractivity contribution in [3.63, 3.8) is 0 Å². The smallest absolute Gasteiger partial charge is 0.0362 e. The Morgan fingerprint density at radius 1 is 1.67 bits per heavy atom. The molecule has 0 amide bonds. The summed E-state index contributed by atoms with van der Waals surface area (Å²) in [4.78, 5) is 0. The third-order valence-electron chi connectivity index (χ3n) is 0.353. The molecule has 0 bridgehead atoms. The zero-order valence-corrected chi connectivity index (χ0v) is 5.27. The molecule has 0 saturated heterocycles. The molecule has 0 aliphatic heterocycles. The van der Waals surface area contributed by atoms with Crippen molar-refractivity contribution in [2.24, 2.45) is 5.73 Å². The first-order valence-electron chi connectivity index (χ1n) is 1.80. The van der Waals surface area contributed by atoms with Crippen LogP contribution < -0.4 is 5.73 Å². The van der Waals surface area contributed by atoms with Crippen LogP contribution in [-0.4, -0.2) is 17.4 Å². The summed E-state index contributed by atoms with van der Waals surface area (Å²) < 4.78 is 0. The zero-order chi connectivity index (χ0) is 4.83. The standard InChI is InChI=1S/C3H9NS2/c4-1-2-6-3-5/h5H,1-4H2. The van der Waals surface area contributed by atoms with Crippen LogP contribution in [0.15, 0.2) is 0 Å². The molecule has 0 heterocycles. The van der Waals surface area contributed by atoms with Gasteiger partial charge in [-0.2, -0.15) is 24.4 Å². The van der Waals surface area contributed by atoms with E-state index in [9.17, 15) is 0 Å². The minimum atomic E-state index is 0.769. The van der Waals surface area contributed by atoms with Crippen LogP contribution in [0.5, 0.6) is 0 Å². The quantitative estimate of drug-likeness (QED) is 0.326. The summed E-state index contributed by atoms with van der Waals surface area (Å²) >= 11 is 5.71. The van der Waals surface area contributed by atoms with E-state index in [0.29, 0.717) is 0 Å². The van der Waals surface area contributed by atoms with Gasteiger partial charge in [-0.05, 0) is 0 Å². The van der Waals surface area contributed by atoms with E-state index in [-0.39, 0.29) is 0 Å². The predicted molar refractivity (Wildman–Crippen MR) is 35.4 cm³/mol. The van der Waals surface area contributed by atoms with Gasteiger partial charge in [0.1, 0.15) is 0 Å². The van der Waals surface area contributed by atoms with E-state index in [1.165, 1.54) is 0 Å². The number of thioether (sulfide) groups is 1. The molecule has 0 aromatic heterocycles. The van der Waals surface area contributed by atoms with Gasteiger partial charge in [0.05, 0.1) is 0 Å². The number of nitrogens with two attached hydrogens (primary N) is 1. The molecule has 0 atom stereocenters. The van der Waals surface area contributed by atoms with Gasteiger partial charge < -0.3 is 5.73 Å². The Hall–Kier alpha value is 0.660. The third-order valence-corrected chi connectivity index (χ3v) is 1.61. The van der Waals surface area contributed by atoms with E-state index in [4.69, 9.17) is 5.73 Å². The highest BCUT2D eigenvalue weighted by Gasteiger charge is 1.75. The van der Waals surface area contributed by atoms with E-state index >= 15 is 0 Å². The lowest BCUT2D eigenvalue weighted by Crippen LogP contribution is -2.00. The Bertz CT molecular complexity index is 20.8. The second kappa shape index (κ2) is 5.66. The molecule has 0 aliphatic carbocycles. The second-order valence-corrected chi connectivity index (χ2v) is 2.68. The van der Waals surface area contributed by atoms with Crippen LogP contribution in [0.4, 0.5) is 0 Å². The lowest BCUT2D eigenvalue weighted by Gasteiger charge is -1.86. The van der Waals surface area contributed by atoms with Gasteiger partial charge in [-0.1, -0.05) is 0 Å². The van der Waals surface area contributed by atoms with Crippen molar-refractivity contribution in [1.29, 1.82) is 0 Å². The first-order chi connectivity index (χ1) is 2.91. The highest BCUT2D eigenvalue weighted by Crippen LogP contribution is 1.97. The molecule has 1 nitrogen and oxygen atoms in total. The number of hydrogen-bond acceptors (Lipinski definition) is 3. The maximum atomic E-state index is 5.16. The molecule has 0 radical (unpaired) electrons. The first kappa shape index (κ1) is 6.66. The van der Waals surface area contributed by atoms with Crippen molar-refractivity contribution in [2.45, 2.75) is 0 Å². The average Bonchev–Trinajstić information content (AvgIpc) is 1.61. The molecule has 6 heavy (non-hydrogen) atoms. The topological polar surface area (TPSA) is 26.0 Å². The Labute approximate surface area is 48.1 Å². The summed E-state index contributed by atoms with van der Waals surface area (Å²) in [6, 6.07) is 0. The molecule has 0 aromatic rings. The predicted octanol–water partition coefficient (Wildman–Crippen LogP) is 0.566. The van der Waals surface area contributed by atoms with Crippen molar-refractivity contribution < 1.29 is 0 Å². The SMILES string of the molecule is NCCSCS. The highest BCUT2D eigenvalue weighted by atomic mass is 32.2. The molecule has 0 unspecified atom stereocenters. The molecule has 0 fully saturated rings. The van der Waals surface area contributed by atoms with Gasteiger partial charge in [0.25, 0.3) is 0 Å². The molecule has 38 valence electrons. The number of rotatable bonds is 3. The fourth-order valence-corrected chi connectivity index (χ4v) is 0.831. The molecular weight excluding hydrogens is 114 g/mol. The van der Waals surface area contributed by atoms with Crippen LogP contribution in [0.2, 0.25) is 0 Å². The van der Waals surface area contributed by atoms with Gasteiger partial charge >= 0.3 is 0 Å². The normalized spacial score (nSPS) is 9.00. The van der Waals surface area contributed by atoms with Crippen LogP contribution in [-0.2, 0) is 0 Å². The molecule has 0 spiro atoms. The fourth-order valence-electron chi connectivity index (χ4n) is 0.148. The van der Waals surface area contributed by atoms with Crippen LogP contribution in [0.3, 0.4) is 0 Å². The largest absolute Gasteiger partial charge is 0.330 e. The minimum absolute atomic E-state index is 0.769. The molecule has 0 aromatic carbocycles. The summed E-state index contributed by atoms with van der Waals surface area (Å²) in [5, 5.41) is 0.886. The van der Waals surface area contributed by atoms with Gasteiger partial charge in [-0.3, -0.25) is 0 Å². The monoisotopic (exact) mass is 123 g/mol. The molecule has 0 rings (SSSR count). The molecular formula is C3H9NS2. The van der Waals surface area contributed by atoms with E-state index in [2.05, 4.69) is 12.6 Å². The summed E-state index contributed by atoms with van der Waals surface area (Å²) in [7, 11) is 0. The van der Waals surface area contributed by atoms with Crippen molar-refractivity contribution >= 4 is 24.4 Å². The summed E-state index contributed by atoms with van der Waals surface area (Å²) in [6.45, 7) is 0.769. The van der Waals surface area contributed by atoms with Crippen molar-refractivity contribution in [1.82, 2.24) is 0 Å². The minimum Gasteiger partial charge on any atom is -0.330 e. The van der Waals surface area contributed by atoms with E-state index in [1.807, 2.05) is 0 Å². The molecule has 0 aliphatic rings. The maximum Gasteiger partial charge on any atom is 0.0362 e. The van der Waals surface area contributed by atoms with Gasteiger partial charge in [0.15, 0.2) is 0 Å². The summed E-state index contributed by atoms with van der Waals surface area (Å²) in [6.07, 6.45) is 0. The van der Waals surface area contributed by atoms with Crippen LogP contribution >= 0.6 is 24.4 Å². The Kier molecular flexibility index (Phi) is 6.28. The second-order valence-electron chi connectivity index (χ2n) is 0.826. The van der Waals surface area contributed by atoms with Crippen LogP contribution in [0.25, 0.3) is 0 Å². The third kappa shape index (κ3) is 4.66. The Morgan fingerprint density at radius 3 is 2.50 bits per heavy atom. The summed E-state index contributed by atoms with van der Waals surface area (Å²) in [5.41, 5.74) is 5.16. The Morgan fingerprint density at radius 2 is 2.33 bits per heavy atom. The maximum absolute atomic E-state index is 5.16. The van der Waals surface area contributed by atoms with Crippen LogP contribution in [0, 0.1) is 0 Å². The molecule has 2 N–H and O–H groups in total. The average molecular weight is 123 g/mol. The van der Waals surface area contributed by atoms with E-state index in [0.717, 1.165) is 17.4 Å². The first-order valence-corrected chi connectivity index (χ1v) is 3.59. The van der Waals surface area contributed by atoms with Gasteiger partial charge in [0.2, 0.25) is 0 Å². The fraction of sp³-hybridized carbons (Fsp3) is 1.00. The van der Waals surface area contributed by atoms with Crippen LogP contribution in [0.1, 0.15) is 0 Å². The molecule has 3 heteroatoms. The highest BCUT2D eigenvalue weighted by molar-refractivity contribution is 8.09. The lowest BCUT2D eigenvalue weighted by molar-refractivity contribution is 1.15. The zero-order valence-electron chi connectivity index (χ0n) is 3.55. The summed E-state index contributed by atoms with van der Waals surface area (Å²) in [5.74, 6) is 1.03. The van der Waals surface area contributed by atoms with Crippen molar-refractivity contribution in [3.8, 4) is 0 Å². The number of thiol groups is 1. The van der Waals surface area contributed by atoms with E-state index in [1.54, 1.807) is 11.8 Å². The lowest BCUT2D eigenvalue weighted by atomic mass is 10.8. The Balaban J connectivity index is 2.34. The molecule has 0 saturated carbocycles. The van der Waals surface area contributed by atoms with Crippen molar-refractivity contribution in [2.75, 3.05) is 17.4 Å². The van der Waals surface area contributed by atoms with Crippen molar-refractivity contribution in [3.05, 3.63) is 0 Å². The van der Waals surface area contributed by atoms with Gasteiger partial charge in [-0.15, -0.1) is 0 Å².